The van der Waals surface area contributed by atoms with E-state index < -0.39 is 47.0 Å². The average molecular weight is 875 g/mol. The zero-order valence-corrected chi connectivity index (χ0v) is 39.6. The zero-order chi connectivity index (χ0) is 48.2. The highest BCUT2D eigenvalue weighted by molar-refractivity contribution is 5.77. The lowest BCUT2D eigenvalue weighted by molar-refractivity contribution is -0.0295. The third kappa shape index (κ3) is 20.0. The summed E-state index contributed by atoms with van der Waals surface area (Å²) in [4.78, 5) is 45.7. The fraction of sp³-hybridized carbons (Fsp3) is 0.440. The van der Waals surface area contributed by atoms with Crippen LogP contribution in [-0.4, -0.2) is 57.2 Å². The predicted octanol–water partition coefficient (Wildman–Crippen LogP) is 12.9. The summed E-state index contributed by atoms with van der Waals surface area (Å²) in [6.07, 6.45) is -3.59. The molecule has 13 heteroatoms. The molecule has 4 aromatic rings. The lowest BCUT2D eigenvalue weighted by Crippen LogP contribution is -2.29. The third-order valence-electron chi connectivity index (χ3n) is 8.46. The second kappa shape index (κ2) is 21.2. The van der Waals surface area contributed by atoms with Gasteiger partial charge in [0, 0.05) is 10.8 Å². The molecule has 0 fully saturated rings. The highest BCUT2D eigenvalue weighted by atomic mass is 16.8. The summed E-state index contributed by atoms with van der Waals surface area (Å²) in [5, 5.41) is 18.6. The predicted molar refractivity (Wildman–Crippen MR) is 241 cm³/mol. The molecule has 0 radical (unpaired) electrons. The lowest BCUT2D eigenvalue weighted by Gasteiger charge is -2.26. The minimum atomic E-state index is -1.06. The van der Waals surface area contributed by atoms with Crippen molar-refractivity contribution in [2.24, 2.45) is 0 Å². The van der Waals surface area contributed by atoms with Gasteiger partial charge in [-0.1, -0.05) is 76.2 Å². The summed E-state index contributed by atoms with van der Waals surface area (Å²) in [5.74, 6) is 1.37. The van der Waals surface area contributed by atoms with E-state index in [1.165, 1.54) is 0 Å². The van der Waals surface area contributed by atoms with Gasteiger partial charge in [0.05, 0.1) is 0 Å². The Morgan fingerprint density at radius 2 is 0.540 bits per heavy atom. The first-order valence-corrected chi connectivity index (χ1v) is 20.4. The van der Waals surface area contributed by atoms with Gasteiger partial charge in [0.2, 0.25) is 0 Å². The molecule has 0 bridgehead atoms. The number of aromatic hydroxyl groups is 2. The molecule has 0 saturated heterocycles. The quantitative estimate of drug-likeness (QED) is 0.0811. The van der Waals surface area contributed by atoms with Crippen molar-refractivity contribution in [3.63, 3.8) is 0 Å². The minimum absolute atomic E-state index is 0.151. The van der Waals surface area contributed by atoms with Gasteiger partial charge in [0.1, 0.15) is 45.4 Å². The molecule has 0 atom stereocenters. The van der Waals surface area contributed by atoms with Gasteiger partial charge >= 0.3 is 24.6 Å². The standard InChI is InChI=1S/C25H32O6.C15H16O2.C10H18O5/c1-23(2,3)30-21(26)28-19-13-9-17(10-14-19)25(7,8)18-11-15-20(16-12-18)29-22(27)31-24(4,5)6;1-15(2,11-3-7-13(16)8-4-11)12-5-9-14(17)10-6-12;1-9(2,3)14-7(11)13-8(12)15-10(4,5)6/h9-16H,1-8H3;3-10,16-17H,1-2H3;1-6H3. The van der Waals surface area contributed by atoms with E-state index in [9.17, 15) is 29.4 Å². The van der Waals surface area contributed by atoms with Crippen molar-refractivity contribution in [3.05, 3.63) is 119 Å². The fourth-order valence-electron chi connectivity index (χ4n) is 5.31. The first-order chi connectivity index (χ1) is 28.6. The maximum atomic E-state index is 11.8. The van der Waals surface area contributed by atoms with Gasteiger partial charge in [-0.3, -0.25) is 0 Å². The number of carbonyl (C=O) groups excluding carboxylic acids is 4. The van der Waals surface area contributed by atoms with E-state index in [0.29, 0.717) is 11.5 Å². The monoisotopic (exact) mass is 874 g/mol. The molecule has 0 amide bonds. The smallest absolute Gasteiger partial charge is 0.508 e. The summed E-state index contributed by atoms with van der Waals surface area (Å²) in [6, 6.07) is 29.0. The molecule has 0 spiro atoms. The molecular formula is C50H66O13. The van der Waals surface area contributed by atoms with Crippen molar-refractivity contribution in [1.82, 2.24) is 0 Å². The molecule has 0 saturated carbocycles. The van der Waals surface area contributed by atoms with Gasteiger partial charge in [-0.05, 0) is 154 Å². The fourth-order valence-corrected chi connectivity index (χ4v) is 5.31. The van der Waals surface area contributed by atoms with Gasteiger partial charge < -0.3 is 43.4 Å². The van der Waals surface area contributed by atoms with Crippen molar-refractivity contribution >= 4 is 24.6 Å². The molecular weight excluding hydrogens is 809 g/mol. The third-order valence-corrected chi connectivity index (χ3v) is 8.46. The van der Waals surface area contributed by atoms with Crippen LogP contribution in [0.4, 0.5) is 19.2 Å². The maximum Gasteiger partial charge on any atom is 0.519 e. The summed E-state index contributed by atoms with van der Waals surface area (Å²) in [7, 11) is 0. The number of hydrogen-bond donors (Lipinski definition) is 2. The minimum Gasteiger partial charge on any atom is -0.508 e. The van der Waals surface area contributed by atoms with E-state index in [1.54, 1.807) is 132 Å². The first kappa shape index (κ1) is 52.9. The number of phenolic OH excluding ortho intramolecular Hbond substituents is 2. The van der Waals surface area contributed by atoms with Crippen LogP contribution in [0.2, 0.25) is 0 Å². The van der Waals surface area contributed by atoms with Crippen molar-refractivity contribution in [1.29, 1.82) is 0 Å². The second-order valence-corrected chi connectivity index (χ2v) is 19.6. The number of ether oxygens (including phenoxy) is 7. The molecule has 0 aliphatic carbocycles. The van der Waals surface area contributed by atoms with Crippen LogP contribution in [-0.2, 0) is 34.5 Å². The number of rotatable bonds is 6. The highest BCUT2D eigenvalue weighted by Crippen LogP contribution is 2.35. The zero-order valence-electron chi connectivity index (χ0n) is 39.6. The van der Waals surface area contributed by atoms with Gasteiger partial charge in [0.15, 0.2) is 0 Å². The second-order valence-electron chi connectivity index (χ2n) is 19.6. The molecule has 344 valence electrons. The van der Waals surface area contributed by atoms with E-state index >= 15 is 0 Å². The maximum absolute atomic E-state index is 11.8. The Labute approximate surface area is 372 Å². The van der Waals surface area contributed by atoms with Crippen molar-refractivity contribution < 1.29 is 62.5 Å². The molecule has 0 heterocycles. The van der Waals surface area contributed by atoms with Crippen LogP contribution < -0.4 is 9.47 Å². The molecule has 0 aromatic heterocycles. The Morgan fingerprint density at radius 3 is 0.762 bits per heavy atom. The van der Waals surface area contributed by atoms with Crippen LogP contribution in [0.15, 0.2) is 97.1 Å². The van der Waals surface area contributed by atoms with Crippen molar-refractivity contribution in [2.75, 3.05) is 0 Å². The van der Waals surface area contributed by atoms with Gasteiger partial charge in [0.25, 0.3) is 0 Å². The van der Waals surface area contributed by atoms with Gasteiger partial charge in [-0.15, -0.1) is 0 Å². The van der Waals surface area contributed by atoms with Crippen LogP contribution in [0.25, 0.3) is 0 Å². The van der Waals surface area contributed by atoms with Crippen LogP contribution >= 0.6 is 0 Å². The first-order valence-electron chi connectivity index (χ1n) is 20.4. The Hall–Kier alpha value is -6.24. The molecule has 2 N–H and O–H groups in total. The van der Waals surface area contributed by atoms with Gasteiger partial charge in [-0.25, -0.2) is 19.2 Å². The molecule has 4 rings (SSSR count). The van der Waals surface area contributed by atoms with E-state index in [0.717, 1.165) is 22.3 Å². The van der Waals surface area contributed by atoms with E-state index in [-0.39, 0.29) is 22.3 Å². The topological polar surface area (TPSA) is 173 Å². The van der Waals surface area contributed by atoms with Crippen LogP contribution in [0.5, 0.6) is 23.0 Å². The van der Waals surface area contributed by atoms with E-state index in [1.807, 2.05) is 48.5 Å². The van der Waals surface area contributed by atoms with Crippen molar-refractivity contribution in [3.8, 4) is 23.0 Å². The van der Waals surface area contributed by atoms with E-state index in [4.69, 9.17) is 28.4 Å². The highest BCUT2D eigenvalue weighted by Gasteiger charge is 2.27. The van der Waals surface area contributed by atoms with Crippen LogP contribution in [0, 0.1) is 0 Å². The molecule has 0 aliphatic rings. The molecule has 0 unspecified atom stereocenters. The molecule has 63 heavy (non-hydrogen) atoms. The van der Waals surface area contributed by atoms with Gasteiger partial charge in [-0.2, -0.15) is 0 Å². The number of phenols is 2. The largest absolute Gasteiger partial charge is 0.519 e. The summed E-state index contributed by atoms with van der Waals surface area (Å²) in [5.41, 5.74) is 1.22. The summed E-state index contributed by atoms with van der Waals surface area (Å²) < 4.78 is 34.6. The average Bonchev–Trinajstić information content (AvgIpc) is 3.10. The molecule has 0 aliphatic heterocycles. The normalized spacial score (nSPS) is 11.9. The number of benzene rings is 4. The Morgan fingerprint density at radius 1 is 0.333 bits per heavy atom. The number of hydrogen-bond acceptors (Lipinski definition) is 13. The van der Waals surface area contributed by atoms with Crippen LogP contribution in [0.1, 0.15) is 133 Å². The summed E-state index contributed by atoms with van der Waals surface area (Å²) in [6.45, 7) is 29.1. The lowest BCUT2D eigenvalue weighted by atomic mass is 9.78. The molecule has 4 aromatic carbocycles. The Balaban J connectivity index is 0.000000359. The Bertz CT molecular complexity index is 1940. The van der Waals surface area contributed by atoms with Crippen molar-refractivity contribution in [2.45, 2.75) is 144 Å². The Kier molecular flexibility index (Phi) is 17.8. The molecule has 13 nitrogen and oxygen atoms in total. The number of carbonyl (C=O) groups is 4. The van der Waals surface area contributed by atoms with E-state index in [2.05, 4.69) is 32.4 Å². The van der Waals surface area contributed by atoms with Crippen LogP contribution in [0.3, 0.4) is 0 Å². The SMILES string of the molecule is CC(C)(C)OC(=O)OC(=O)OC(C)(C)C.CC(C)(C)OC(=O)Oc1ccc(C(C)(C)c2ccc(OC(=O)OC(C)(C)C)cc2)cc1.CC(C)(c1ccc(O)cc1)c1ccc(O)cc1. The summed E-state index contributed by atoms with van der Waals surface area (Å²) >= 11 is 0.